The molecule has 4 nitrogen and oxygen atoms in total. The lowest BCUT2D eigenvalue weighted by Gasteiger charge is -2.20. The molecule has 0 atom stereocenters. The highest BCUT2D eigenvalue weighted by Gasteiger charge is 2.12. The van der Waals surface area contributed by atoms with E-state index in [1.54, 1.807) is 5.01 Å². The molecule has 0 aliphatic carbocycles. The Hall–Kier alpha value is -2.85. The molecule has 0 radical (unpaired) electrons. The summed E-state index contributed by atoms with van der Waals surface area (Å²) >= 11 is 0. The standard InChI is InChI=1S/C23H27N3O/c1-15-9-10-21(25-13-15)19-11-18(4)23(12-17(19)3)27-14-20-16(2)7-6-8-22(20)26(5)24/h6-13H,14,24H2,1-5H3. The number of aryl methyl sites for hydroxylation is 4. The van der Waals surface area contributed by atoms with E-state index in [-0.39, 0.29) is 0 Å². The summed E-state index contributed by atoms with van der Waals surface area (Å²) in [7, 11) is 1.84. The van der Waals surface area contributed by atoms with Crippen LogP contribution >= 0.6 is 0 Å². The van der Waals surface area contributed by atoms with Gasteiger partial charge in [-0.2, -0.15) is 0 Å². The molecular weight excluding hydrogens is 334 g/mol. The number of hydrogen-bond acceptors (Lipinski definition) is 4. The van der Waals surface area contributed by atoms with Gasteiger partial charge < -0.3 is 9.75 Å². The van der Waals surface area contributed by atoms with Crippen molar-refractivity contribution in [3.8, 4) is 17.0 Å². The third-order valence-electron chi connectivity index (χ3n) is 4.85. The Morgan fingerprint density at radius 3 is 2.41 bits per heavy atom. The van der Waals surface area contributed by atoms with Gasteiger partial charge in [-0.1, -0.05) is 18.2 Å². The summed E-state index contributed by atoms with van der Waals surface area (Å²) in [5.74, 6) is 6.86. The molecule has 1 heterocycles. The Kier molecular flexibility index (Phi) is 5.47. The van der Waals surface area contributed by atoms with E-state index in [0.717, 1.165) is 44.9 Å². The monoisotopic (exact) mass is 361 g/mol. The summed E-state index contributed by atoms with van der Waals surface area (Å²) in [4.78, 5) is 4.56. The minimum Gasteiger partial charge on any atom is -0.489 e. The van der Waals surface area contributed by atoms with E-state index in [4.69, 9.17) is 10.6 Å². The predicted octanol–water partition coefficient (Wildman–Crippen LogP) is 4.87. The first kappa shape index (κ1) is 18.9. The Morgan fingerprint density at radius 1 is 0.963 bits per heavy atom. The predicted molar refractivity (Wildman–Crippen MR) is 112 cm³/mol. The fourth-order valence-electron chi connectivity index (χ4n) is 3.20. The van der Waals surface area contributed by atoms with Crippen LogP contribution in [0, 0.1) is 27.7 Å². The van der Waals surface area contributed by atoms with Gasteiger partial charge in [-0.3, -0.25) is 4.98 Å². The second-order valence-corrected chi connectivity index (χ2v) is 7.13. The summed E-state index contributed by atoms with van der Waals surface area (Å²) < 4.78 is 6.18. The fourth-order valence-corrected chi connectivity index (χ4v) is 3.20. The Labute approximate surface area is 161 Å². The van der Waals surface area contributed by atoms with Gasteiger partial charge in [-0.05, 0) is 74.2 Å². The van der Waals surface area contributed by atoms with Gasteiger partial charge >= 0.3 is 0 Å². The average Bonchev–Trinajstić information content (AvgIpc) is 2.63. The fraction of sp³-hybridized carbons (Fsp3) is 0.261. The number of nitrogens with two attached hydrogens (primary N) is 1. The van der Waals surface area contributed by atoms with E-state index in [0.29, 0.717) is 6.61 Å². The van der Waals surface area contributed by atoms with Crippen LogP contribution < -0.4 is 15.6 Å². The molecule has 2 aromatic carbocycles. The quantitative estimate of drug-likeness (QED) is 0.520. The summed E-state index contributed by atoms with van der Waals surface area (Å²) in [5.41, 5.74) is 8.76. The topological polar surface area (TPSA) is 51.4 Å². The number of anilines is 1. The minimum absolute atomic E-state index is 0.478. The highest BCUT2D eigenvalue weighted by Crippen LogP contribution is 2.31. The lowest BCUT2D eigenvalue weighted by Crippen LogP contribution is -2.26. The first-order chi connectivity index (χ1) is 12.9. The molecule has 0 saturated heterocycles. The van der Waals surface area contributed by atoms with Gasteiger partial charge in [0.05, 0.1) is 11.4 Å². The van der Waals surface area contributed by atoms with E-state index in [9.17, 15) is 0 Å². The van der Waals surface area contributed by atoms with Crippen molar-refractivity contribution in [3.05, 3.63) is 76.5 Å². The smallest absolute Gasteiger partial charge is 0.123 e. The normalized spacial score (nSPS) is 10.7. The van der Waals surface area contributed by atoms with Crippen molar-refractivity contribution in [2.75, 3.05) is 12.1 Å². The lowest BCUT2D eigenvalue weighted by atomic mass is 10.0. The lowest BCUT2D eigenvalue weighted by molar-refractivity contribution is 0.303. The number of hydrazine groups is 1. The van der Waals surface area contributed by atoms with Crippen LogP contribution in [0.15, 0.2) is 48.7 Å². The Balaban J connectivity index is 1.87. The number of hydrogen-bond donors (Lipinski definition) is 1. The van der Waals surface area contributed by atoms with Crippen molar-refractivity contribution >= 4 is 5.69 Å². The maximum Gasteiger partial charge on any atom is 0.123 e. The van der Waals surface area contributed by atoms with Crippen LogP contribution in [0.4, 0.5) is 5.69 Å². The van der Waals surface area contributed by atoms with Crippen LogP contribution in [-0.4, -0.2) is 12.0 Å². The highest BCUT2D eigenvalue weighted by atomic mass is 16.5. The zero-order chi connectivity index (χ0) is 19.6. The van der Waals surface area contributed by atoms with Gasteiger partial charge in [0.1, 0.15) is 12.4 Å². The molecule has 27 heavy (non-hydrogen) atoms. The highest BCUT2D eigenvalue weighted by molar-refractivity contribution is 5.66. The van der Waals surface area contributed by atoms with Crippen molar-refractivity contribution in [2.45, 2.75) is 34.3 Å². The van der Waals surface area contributed by atoms with Crippen LogP contribution in [0.2, 0.25) is 0 Å². The third-order valence-corrected chi connectivity index (χ3v) is 4.85. The molecule has 0 bridgehead atoms. The number of aromatic nitrogens is 1. The van der Waals surface area contributed by atoms with Gasteiger partial charge in [0.2, 0.25) is 0 Å². The van der Waals surface area contributed by atoms with E-state index in [2.05, 4.69) is 56.1 Å². The minimum atomic E-state index is 0.478. The largest absolute Gasteiger partial charge is 0.489 e. The molecule has 2 N–H and O–H groups in total. The average molecular weight is 361 g/mol. The van der Waals surface area contributed by atoms with Gasteiger partial charge in [-0.15, -0.1) is 0 Å². The van der Waals surface area contributed by atoms with E-state index < -0.39 is 0 Å². The first-order valence-corrected chi connectivity index (χ1v) is 9.11. The summed E-state index contributed by atoms with van der Waals surface area (Å²) in [6.07, 6.45) is 1.90. The number of pyridine rings is 1. The van der Waals surface area contributed by atoms with Crippen molar-refractivity contribution < 1.29 is 4.74 Å². The zero-order valence-corrected chi connectivity index (χ0v) is 16.7. The summed E-state index contributed by atoms with van der Waals surface area (Å²) in [6, 6.07) is 14.5. The van der Waals surface area contributed by atoms with Gasteiger partial charge in [-0.25, -0.2) is 5.84 Å². The molecule has 0 amide bonds. The van der Waals surface area contributed by atoms with Gasteiger partial charge in [0.25, 0.3) is 0 Å². The molecule has 0 spiro atoms. The van der Waals surface area contributed by atoms with Crippen molar-refractivity contribution in [3.63, 3.8) is 0 Å². The molecule has 1 aromatic heterocycles. The van der Waals surface area contributed by atoms with Gasteiger partial charge in [0.15, 0.2) is 0 Å². The molecule has 3 aromatic rings. The van der Waals surface area contributed by atoms with Crippen molar-refractivity contribution in [1.29, 1.82) is 0 Å². The molecule has 3 rings (SSSR count). The van der Waals surface area contributed by atoms with Crippen LogP contribution in [0.3, 0.4) is 0 Å². The SMILES string of the molecule is Cc1ccc(-c2cc(C)c(OCc3c(C)cccc3N(C)N)cc2C)nc1. The second kappa shape index (κ2) is 7.80. The molecule has 0 aliphatic rings. The van der Waals surface area contributed by atoms with Crippen molar-refractivity contribution in [2.24, 2.45) is 5.84 Å². The van der Waals surface area contributed by atoms with E-state index in [1.165, 1.54) is 5.56 Å². The second-order valence-electron chi connectivity index (χ2n) is 7.13. The molecule has 0 saturated carbocycles. The number of rotatable bonds is 5. The number of nitrogens with zero attached hydrogens (tertiary/aromatic N) is 2. The number of benzene rings is 2. The summed E-state index contributed by atoms with van der Waals surface area (Å²) in [5, 5.41) is 1.63. The van der Waals surface area contributed by atoms with Crippen LogP contribution in [0.1, 0.15) is 27.8 Å². The maximum atomic E-state index is 6.18. The van der Waals surface area contributed by atoms with Crippen LogP contribution in [0.25, 0.3) is 11.3 Å². The molecular formula is C23H27N3O. The zero-order valence-electron chi connectivity index (χ0n) is 16.7. The first-order valence-electron chi connectivity index (χ1n) is 9.11. The van der Waals surface area contributed by atoms with Crippen LogP contribution in [-0.2, 0) is 6.61 Å². The molecule has 4 heteroatoms. The maximum absolute atomic E-state index is 6.18. The number of ether oxygens (including phenoxy) is 1. The van der Waals surface area contributed by atoms with Crippen LogP contribution in [0.5, 0.6) is 5.75 Å². The van der Waals surface area contributed by atoms with E-state index in [1.807, 2.05) is 32.3 Å². The Bertz CT molecular complexity index is 947. The van der Waals surface area contributed by atoms with Crippen molar-refractivity contribution in [1.82, 2.24) is 4.98 Å². The molecule has 140 valence electrons. The molecule has 0 fully saturated rings. The summed E-state index contributed by atoms with van der Waals surface area (Å²) in [6.45, 7) is 8.77. The van der Waals surface area contributed by atoms with E-state index >= 15 is 0 Å². The van der Waals surface area contributed by atoms with Gasteiger partial charge in [0, 0.05) is 24.4 Å². The molecule has 0 aliphatic heterocycles. The molecule has 0 unspecified atom stereocenters. The third kappa shape index (κ3) is 4.12. The Morgan fingerprint density at radius 2 is 1.74 bits per heavy atom.